The summed E-state index contributed by atoms with van der Waals surface area (Å²) < 4.78 is 28.3. The third-order valence-corrected chi connectivity index (χ3v) is 10.4. The number of ketones is 1. The van der Waals surface area contributed by atoms with E-state index in [9.17, 15) is 62.5 Å². The highest BCUT2D eigenvalue weighted by atomic mass is 19.1. The van der Waals surface area contributed by atoms with Crippen LogP contribution in [-0.2, 0) is 43.0 Å². The number of Topliss-reactive ketones (excluding diaryl/α,β-unsaturated/α-hetero) is 1. The Bertz CT molecular complexity index is 2570. The van der Waals surface area contributed by atoms with Gasteiger partial charge in [-0.15, -0.1) is 0 Å². The molecule has 0 aromatic heterocycles. The van der Waals surface area contributed by atoms with Crippen molar-refractivity contribution in [1.29, 1.82) is 0 Å². The molecule has 5 atom stereocenters. The van der Waals surface area contributed by atoms with Crippen LogP contribution in [0.1, 0.15) is 68.2 Å². The van der Waals surface area contributed by atoms with Crippen molar-refractivity contribution in [3.05, 3.63) is 75.9 Å². The summed E-state index contributed by atoms with van der Waals surface area (Å²) in [7, 11) is 2.07. The molecule has 1 heterocycles. The number of nitrogens with one attached hydrogen (secondary N) is 5. The lowest BCUT2D eigenvalue weighted by Gasteiger charge is -2.28. The van der Waals surface area contributed by atoms with Crippen molar-refractivity contribution < 1.29 is 71.6 Å². The molecule has 2 aromatic rings. The highest BCUT2D eigenvalue weighted by Gasteiger charge is 2.35. The maximum atomic E-state index is 14.0. The van der Waals surface area contributed by atoms with E-state index in [1.165, 1.54) is 61.5 Å². The number of carboxylic acids is 1. The highest BCUT2D eigenvalue weighted by Crippen LogP contribution is 2.42. The lowest BCUT2D eigenvalue weighted by atomic mass is 9.89. The summed E-state index contributed by atoms with van der Waals surface area (Å²) in [5, 5.41) is 32.8. The van der Waals surface area contributed by atoms with Gasteiger partial charge in [-0.05, 0) is 66.8 Å². The number of halogens is 1. The molecule has 7 N–H and O–H groups in total. The van der Waals surface area contributed by atoms with Gasteiger partial charge >= 0.3 is 17.9 Å². The van der Waals surface area contributed by atoms with E-state index in [1.807, 2.05) is 0 Å². The summed E-state index contributed by atoms with van der Waals surface area (Å²) in [5.74, 6) is -10.5. The van der Waals surface area contributed by atoms with Gasteiger partial charge in [0.25, 0.3) is 5.91 Å². The molecule has 0 fully saturated rings. The van der Waals surface area contributed by atoms with E-state index in [-0.39, 0.29) is 39.3 Å². The van der Waals surface area contributed by atoms with E-state index < -0.39 is 120 Å². The molecule has 2 aromatic carbocycles. The van der Waals surface area contributed by atoms with Crippen LogP contribution in [0.4, 0.5) is 4.39 Å². The van der Waals surface area contributed by atoms with Crippen LogP contribution in [-0.4, -0.2) is 115 Å². The SMILES string of the molecule is COC(=O)C[C@H](NC(=O)[C@H](C)NC(=O)[C@@H](NC(=O)[C@H](CC(=O)OC)NC(=O)[C@@H](NC(=O)c1ccc(C(=O)O)c(-c2c3ccc(=O)cc-3oc3cc(O)ccc23)c1)C(C)C)C(C)C)C(=O)CF. The maximum Gasteiger partial charge on any atom is 0.336 e. The smallest absolute Gasteiger partial charge is 0.336 e. The molecule has 1 aliphatic carbocycles. The summed E-state index contributed by atoms with van der Waals surface area (Å²) in [6.45, 7) is 5.96. The summed E-state index contributed by atoms with van der Waals surface area (Å²) in [6.07, 6.45) is -1.41. The van der Waals surface area contributed by atoms with Crippen LogP contribution in [0.3, 0.4) is 0 Å². The lowest BCUT2D eigenvalue weighted by molar-refractivity contribution is -0.144. The van der Waals surface area contributed by atoms with Crippen LogP contribution in [0.5, 0.6) is 5.75 Å². The van der Waals surface area contributed by atoms with Crippen molar-refractivity contribution in [2.24, 2.45) is 11.8 Å². The number of carboxylic acid groups (broad SMARTS) is 1. The van der Waals surface area contributed by atoms with Crippen molar-refractivity contribution in [2.75, 3.05) is 20.9 Å². The minimum absolute atomic E-state index is 0.0269. The molecule has 0 radical (unpaired) electrons. The summed E-state index contributed by atoms with van der Waals surface area (Å²) in [6, 6.07) is 4.21. The van der Waals surface area contributed by atoms with Crippen molar-refractivity contribution in [2.45, 2.75) is 77.7 Å². The molecule has 20 nitrogen and oxygen atoms in total. The van der Waals surface area contributed by atoms with Gasteiger partial charge in [-0.2, -0.15) is 0 Å². The quantitative estimate of drug-likeness (QED) is 0.0493. The predicted molar refractivity (Wildman–Crippen MR) is 232 cm³/mol. The van der Waals surface area contributed by atoms with Gasteiger partial charge in [-0.25, -0.2) is 9.18 Å². The van der Waals surface area contributed by atoms with E-state index in [2.05, 4.69) is 31.3 Å². The first-order valence-corrected chi connectivity index (χ1v) is 20.4. The minimum Gasteiger partial charge on any atom is -0.508 e. The molecule has 5 amide bonds. The van der Waals surface area contributed by atoms with E-state index >= 15 is 0 Å². The molecule has 4 rings (SSSR count). The number of hydrogen-bond donors (Lipinski definition) is 7. The Hall–Kier alpha value is -7.71. The number of hydrogen-bond acceptors (Lipinski definition) is 14. The Morgan fingerprint density at radius 3 is 1.85 bits per heavy atom. The normalized spacial score (nSPS) is 13.4. The summed E-state index contributed by atoms with van der Waals surface area (Å²) >= 11 is 0. The van der Waals surface area contributed by atoms with Crippen LogP contribution in [0.2, 0.25) is 0 Å². The molecule has 1 aliphatic heterocycles. The third-order valence-electron chi connectivity index (χ3n) is 10.4. The zero-order valence-electron chi connectivity index (χ0n) is 36.9. The molecule has 0 saturated carbocycles. The second-order valence-corrected chi connectivity index (χ2v) is 15.8. The molecule has 352 valence electrons. The number of phenolic OH excluding ortho intramolecular Hbond substituents is 1. The monoisotopic (exact) mass is 919 g/mol. The van der Waals surface area contributed by atoms with Gasteiger partial charge in [0.15, 0.2) is 11.2 Å². The molecule has 0 saturated heterocycles. The van der Waals surface area contributed by atoms with Crippen LogP contribution >= 0.6 is 0 Å². The molecule has 21 heteroatoms. The summed E-state index contributed by atoms with van der Waals surface area (Å²) in [4.78, 5) is 129. The maximum absolute atomic E-state index is 14.0. The van der Waals surface area contributed by atoms with Gasteiger partial charge in [0, 0.05) is 34.2 Å². The third kappa shape index (κ3) is 12.5. The Balaban J connectivity index is 1.59. The molecule has 0 bridgehead atoms. The first-order valence-electron chi connectivity index (χ1n) is 20.4. The van der Waals surface area contributed by atoms with Gasteiger partial charge < -0.3 is 50.7 Å². The lowest BCUT2D eigenvalue weighted by Crippen LogP contribution is -2.60. The number of phenols is 1. The Morgan fingerprint density at radius 1 is 0.667 bits per heavy atom. The van der Waals surface area contributed by atoms with Crippen molar-refractivity contribution in [3.8, 4) is 28.2 Å². The van der Waals surface area contributed by atoms with E-state index in [1.54, 1.807) is 27.7 Å². The number of aromatic hydroxyl groups is 1. The van der Waals surface area contributed by atoms with Crippen LogP contribution in [0.25, 0.3) is 33.4 Å². The Labute approximate surface area is 376 Å². The van der Waals surface area contributed by atoms with Gasteiger partial charge in [0.1, 0.15) is 54.0 Å². The number of carbonyl (C=O) groups is 9. The molecular formula is C45H50FN5O15. The fraction of sp³-hybridized carbons (Fsp3) is 0.378. The fourth-order valence-corrected chi connectivity index (χ4v) is 6.75. The van der Waals surface area contributed by atoms with Gasteiger partial charge in [-0.3, -0.25) is 43.2 Å². The average Bonchev–Trinajstić information content (AvgIpc) is 3.27. The number of rotatable bonds is 20. The van der Waals surface area contributed by atoms with Gasteiger partial charge in [0.2, 0.25) is 23.6 Å². The van der Waals surface area contributed by atoms with Crippen molar-refractivity contribution >= 4 is 64.2 Å². The second kappa shape index (κ2) is 22.3. The number of fused-ring (bicyclic) bond motifs is 2. The molecule has 0 unspecified atom stereocenters. The Kier molecular flexibility index (Phi) is 17.2. The van der Waals surface area contributed by atoms with Crippen molar-refractivity contribution in [1.82, 2.24) is 26.6 Å². The summed E-state index contributed by atoms with van der Waals surface area (Å²) in [5.41, 5.74) is -0.0625. The standard InChI is InChI=1S/C45H50FN5O15/c1-20(2)38(43(60)47-22(5)40(57)48-30(32(54)19-46)17-35(55)64-6)51-42(59)31(18-36(56)65-7)49-44(61)39(21(3)4)50-41(58)23-8-11-26(45(62)63)29(14-23)37-27-12-9-24(52)15-33(27)66-34-16-25(53)10-13-28(34)37/h8-16,20-22,30-31,38-39,52H,17-19H2,1-7H3,(H,47,60)(H,48,57)(H,49,61)(H,50,58)(H,51,59)(H,62,63)/t22-,30-,31-,38-,39-/m0/s1. The molecule has 2 aliphatic rings. The fourth-order valence-electron chi connectivity index (χ4n) is 6.75. The molecule has 0 spiro atoms. The molecule has 66 heavy (non-hydrogen) atoms. The van der Waals surface area contributed by atoms with E-state index in [0.29, 0.717) is 10.9 Å². The van der Waals surface area contributed by atoms with Crippen molar-refractivity contribution in [3.63, 3.8) is 0 Å². The average molecular weight is 920 g/mol. The Morgan fingerprint density at radius 2 is 1.26 bits per heavy atom. The highest BCUT2D eigenvalue weighted by molar-refractivity contribution is 6.10. The topological polar surface area (TPSA) is 303 Å². The first kappa shape index (κ1) is 50.9. The predicted octanol–water partition coefficient (Wildman–Crippen LogP) is 2.00. The number of benzene rings is 3. The zero-order valence-corrected chi connectivity index (χ0v) is 36.9. The second-order valence-electron chi connectivity index (χ2n) is 15.8. The van der Waals surface area contributed by atoms with E-state index in [4.69, 9.17) is 9.15 Å². The largest absolute Gasteiger partial charge is 0.508 e. The minimum atomic E-state index is -1.69. The number of alkyl halides is 1. The zero-order chi connectivity index (χ0) is 49.2. The number of carbonyl (C=O) groups excluding carboxylic acids is 8. The van der Waals surface area contributed by atoms with Crippen LogP contribution in [0, 0.1) is 11.8 Å². The van der Waals surface area contributed by atoms with Crippen LogP contribution in [0.15, 0.2) is 63.8 Å². The van der Waals surface area contributed by atoms with Gasteiger partial charge in [0.05, 0.1) is 32.6 Å². The van der Waals surface area contributed by atoms with E-state index in [0.717, 1.165) is 14.2 Å². The number of amides is 5. The number of aromatic carboxylic acids is 1. The number of ether oxygens (including phenoxy) is 2. The van der Waals surface area contributed by atoms with Crippen LogP contribution < -0.4 is 32.0 Å². The first-order chi connectivity index (χ1) is 31.1. The number of methoxy groups -OCH3 is 2. The number of esters is 2. The molecular weight excluding hydrogens is 870 g/mol. The van der Waals surface area contributed by atoms with Gasteiger partial charge in [-0.1, -0.05) is 27.7 Å².